The van der Waals surface area contributed by atoms with Crippen LogP contribution in [0.3, 0.4) is 0 Å². The van der Waals surface area contributed by atoms with E-state index < -0.39 is 0 Å². The van der Waals surface area contributed by atoms with E-state index in [9.17, 15) is 4.39 Å². The average molecular weight is 370 g/mol. The van der Waals surface area contributed by atoms with Crippen molar-refractivity contribution in [2.24, 2.45) is 5.92 Å². The van der Waals surface area contributed by atoms with Crippen LogP contribution in [0.4, 0.5) is 4.39 Å². The third-order valence-electron chi connectivity index (χ3n) is 3.35. The predicted octanol–water partition coefficient (Wildman–Crippen LogP) is 5.22. The van der Waals surface area contributed by atoms with Gasteiger partial charge in [-0.15, -0.1) is 11.3 Å². The highest BCUT2D eigenvalue weighted by molar-refractivity contribution is 9.10. The fourth-order valence-corrected chi connectivity index (χ4v) is 3.83. The van der Waals surface area contributed by atoms with Gasteiger partial charge >= 0.3 is 0 Å². The Labute approximate surface area is 138 Å². The molecule has 4 heteroatoms. The predicted molar refractivity (Wildman–Crippen MR) is 92.6 cm³/mol. The summed E-state index contributed by atoms with van der Waals surface area (Å²) in [5.41, 5.74) is 1.19. The van der Waals surface area contributed by atoms with Gasteiger partial charge in [0.1, 0.15) is 5.82 Å². The molecule has 21 heavy (non-hydrogen) atoms. The van der Waals surface area contributed by atoms with Crippen molar-refractivity contribution in [1.82, 2.24) is 5.32 Å². The molecule has 0 aliphatic carbocycles. The van der Waals surface area contributed by atoms with E-state index in [0.717, 1.165) is 24.0 Å². The highest BCUT2D eigenvalue weighted by Gasteiger charge is 2.14. The van der Waals surface area contributed by atoms with Crippen LogP contribution in [-0.2, 0) is 6.42 Å². The molecule has 1 heterocycles. The van der Waals surface area contributed by atoms with Gasteiger partial charge in [-0.1, -0.05) is 26.0 Å². The number of thiophene rings is 1. The second-order valence-corrected chi connectivity index (χ2v) is 7.65. The van der Waals surface area contributed by atoms with Gasteiger partial charge in [0.2, 0.25) is 0 Å². The maximum absolute atomic E-state index is 13.1. The third-order valence-corrected chi connectivity index (χ3v) is 5.07. The lowest BCUT2D eigenvalue weighted by atomic mass is 9.94. The van der Waals surface area contributed by atoms with Crippen LogP contribution in [0.15, 0.2) is 40.2 Å². The molecule has 0 saturated carbocycles. The third kappa shape index (κ3) is 5.53. The van der Waals surface area contributed by atoms with E-state index in [-0.39, 0.29) is 5.82 Å². The summed E-state index contributed by atoms with van der Waals surface area (Å²) in [5, 5.41) is 5.63. The molecule has 0 fully saturated rings. The fraction of sp³-hybridized carbons (Fsp3) is 0.412. The van der Waals surface area contributed by atoms with Crippen LogP contribution in [0.2, 0.25) is 0 Å². The van der Waals surface area contributed by atoms with Gasteiger partial charge in [-0.3, -0.25) is 0 Å². The first-order valence-corrected chi connectivity index (χ1v) is 8.91. The summed E-state index contributed by atoms with van der Waals surface area (Å²) in [6, 6.07) is 9.08. The molecule has 114 valence electrons. The molecule has 1 unspecified atom stereocenters. The Bertz CT molecular complexity index is 550. The molecule has 0 amide bonds. The Morgan fingerprint density at radius 1 is 1.19 bits per heavy atom. The van der Waals surface area contributed by atoms with E-state index in [2.05, 4.69) is 46.5 Å². The number of halogens is 2. The topological polar surface area (TPSA) is 12.0 Å². The molecule has 0 bridgehead atoms. The molecule has 0 spiro atoms. The Morgan fingerprint density at radius 2 is 1.90 bits per heavy atom. The van der Waals surface area contributed by atoms with Crippen molar-refractivity contribution >= 4 is 27.3 Å². The van der Waals surface area contributed by atoms with Crippen LogP contribution in [-0.4, -0.2) is 13.1 Å². The zero-order chi connectivity index (χ0) is 15.2. The molecule has 0 saturated heterocycles. The molecule has 0 radical (unpaired) electrons. The largest absolute Gasteiger partial charge is 0.316 e. The van der Waals surface area contributed by atoms with Crippen LogP contribution in [0.5, 0.6) is 0 Å². The van der Waals surface area contributed by atoms with Gasteiger partial charge in [-0.25, -0.2) is 4.39 Å². The van der Waals surface area contributed by atoms with Gasteiger partial charge in [0.25, 0.3) is 0 Å². The Kier molecular flexibility index (Phi) is 6.40. The standard InChI is InChI=1S/C17H21BrFNS/c1-12(2)9-20-10-14(7-17-8-15(18)11-21-17)13-3-5-16(19)6-4-13/h3-6,8,11-12,14,20H,7,9-10H2,1-2H3. The van der Waals surface area contributed by atoms with Crippen LogP contribution in [0, 0.1) is 11.7 Å². The van der Waals surface area contributed by atoms with Crippen molar-refractivity contribution in [3.8, 4) is 0 Å². The van der Waals surface area contributed by atoms with E-state index in [1.54, 1.807) is 23.5 Å². The van der Waals surface area contributed by atoms with E-state index in [1.807, 2.05) is 12.1 Å². The number of benzene rings is 1. The second kappa shape index (κ2) is 8.06. The van der Waals surface area contributed by atoms with Crippen molar-refractivity contribution in [2.75, 3.05) is 13.1 Å². The van der Waals surface area contributed by atoms with Crippen LogP contribution in [0.25, 0.3) is 0 Å². The minimum Gasteiger partial charge on any atom is -0.316 e. The summed E-state index contributed by atoms with van der Waals surface area (Å²) in [6.07, 6.45) is 0.979. The van der Waals surface area contributed by atoms with E-state index in [1.165, 1.54) is 10.4 Å². The quantitative estimate of drug-likeness (QED) is 0.705. The van der Waals surface area contributed by atoms with Crippen molar-refractivity contribution in [2.45, 2.75) is 26.2 Å². The molecule has 2 aromatic rings. The van der Waals surface area contributed by atoms with E-state index in [4.69, 9.17) is 0 Å². The summed E-state index contributed by atoms with van der Waals surface area (Å²) < 4.78 is 14.3. The molecular weight excluding hydrogens is 349 g/mol. The maximum Gasteiger partial charge on any atom is 0.123 e. The molecule has 1 N–H and O–H groups in total. The van der Waals surface area contributed by atoms with Crippen LogP contribution in [0.1, 0.15) is 30.2 Å². The SMILES string of the molecule is CC(C)CNCC(Cc1cc(Br)cs1)c1ccc(F)cc1. The lowest BCUT2D eigenvalue weighted by molar-refractivity contribution is 0.514. The fourth-order valence-electron chi connectivity index (χ4n) is 2.29. The lowest BCUT2D eigenvalue weighted by Gasteiger charge is -2.18. The summed E-state index contributed by atoms with van der Waals surface area (Å²) in [6.45, 7) is 6.33. The van der Waals surface area contributed by atoms with Gasteiger partial charge in [0.15, 0.2) is 0 Å². The molecule has 1 nitrogen and oxygen atoms in total. The average Bonchev–Trinajstić information content (AvgIpc) is 2.84. The van der Waals surface area contributed by atoms with Crippen LogP contribution < -0.4 is 5.32 Å². The smallest absolute Gasteiger partial charge is 0.123 e. The Hall–Kier alpha value is -0.710. The number of rotatable bonds is 7. The summed E-state index contributed by atoms with van der Waals surface area (Å²) in [5.74, 6) is 0.830. The van der Waals surface area contributed by atoms with Gasteiger partial charge in [0, 0.05) is 27.2 Å². The van der Waals surface area contributed by atoms with E-state index >= 15 is 0 Å². The number of nitrogens with one attached hydrogen (secondary N) is 1. The zero-order valence-electron chi connectivity index (χ0n) is 12.4. The van der Waals surface area contributed by atoms with Gasteiger partial charge in [-0.2, -0.15) is 0 Å². The van der Waals surface area contributed by atoms with Crippen molar-refractivity contribution in [3.63, 3.8) is 0 Å². The zero-order valence-corrected chi connectivity index (χ0v) is 14.8. The molecule has 0 aliphatic rings. The van der Waals surface area contributed by atoms with Crippen molar-refractivity contribution < 1.29 is 4.39 Å². The van der Waals surface area contributed by atoms with Crippen LogP contribution >= 0.6 is 27.3 Å². The van der Waals surface area contributed by atoms with Gasteiger partial charge < -0.3 is 5.32 Å². The molecule has 1 atom stereocenters. The molecule has 0 aliphatic heterocycles. The Morgan fingerprint density at radius 3 is 2.48 bits per heavy atom. The van der Waals surface area contributed by atoms with Gasteiger partial charge in [-0.05, 0) is 58.6 Å². The number of hydrogen-bond donors (Lipinski definition) is 1. The monoisotopic (exact) mass is 369 g/mol. The minimum atomic E-state index is -0.175. The molecule has 1 aromatic carbocycles. The highest BCUT2D eigenvalue weighted by Crippen LogP contribution is 2.27. The first-order valence-electron chi connectivity index (χ1n) is 7.23. The van der Waals surface area contributed by atoms with Gasteiger partial charge in [0.05, 0.1) is 0 Å². The Balaban J connectivity index is 2.07. The summed E-state index contributed by atoms with van der Waals surface area (Å²) >= 11 is 5.27. The van der Waals surface area contributed by atoms with Crippen molar-refractivity contribution in [1.29, 1.82) is 0 Å². The number of hydrogen-bond acceptors (Lipinski definition) is 2. The summed E-state index contributed by atoms with van der Waals surface area (Å²) in [7, 11) is 0. The second-order valence-electron chi connectivity index (χ2n) is 5.74. The normalized spacial score (nSPS) is 12.8. The molecule has 2 rings (SSSR count). The first-order chi connectivity index (χ1) is 10.0. The first kappa shape index (κ1) is 16.7. The highest BCUT2D eigenvalue weighted by atomic mass is 79.9. The molecule has 1 aromatic heterocycles. The maximum atomic E-state index is 13.1. The van der Waals surface area contributed by atoms with E-state index in [0.29, 0.717) is 11.8 Å². The lowest BCUT2D eigenvalue weighted by Crippen LogP contribution is -2.26. The minimum absolute atomic E-state index is 0.175. The molecular formula is C17H21BrFNS. The van der Waals surface area contributed by atoms with Crippen molar-refractivity contribution in [3.05, 3.63) is 56.4 Å². The summed E-state index contributed by atoms with van der Waals surface area (Å²) in [4.78, 5) is 1.35.